The zero-order valence-electron chi connectivity index (χ0n) is 16.6. The summed E-state index contributed by atoms with van der Waals surface area (Å²) in [7, 11) is 0. The van der Waals surface area contributed by atoms with Crippen molar-refractivity contribution in [3.63, 3.8) is 0 Å². The molecule has 1 aliphatic heterocycles. The van der Waals surface area contributed by atoms with Crippen molar-refractivity contribution in [2.45, 2.75) is 37.8 Å². The van der Waals surface area contributed by atoms with Crippen molar-refractivity contribution in [3.05, 3.63) is 59.7 Å². The number of carbonyl (C=O) groups excluding carboxylic acids is 1. The average Bonchev–Trinajstić information content (AvgIpc) is 2.99. The van der Waals surface area contributed by atoms with Gasteiger partial charge in [-0.1, -0.05) is 48.5 Å². The number of carbonyl (C=O) groups is 1. The van der Waals surface area contributed by atoms with E-state index >= 15 is 0 Å². The molecule has 1 aliphatic carbocycles. The maximum absolute atomic E-state index is 13.1. The normalized spacial score (nSPS) is 23.2. The third kappa shape index (κ3) is 2.99. The van der Waals surface area contributed by atoms with Crippen LogP contribution in [0.2, 0.25) is 0 Å². The average molecular weight is 381 g/mol. The minimum atomic E-state index is -0.801. The van der Waals surface area contributed by atoms with Crippen LogP contribution in [-0.2, 0) is 9.47 Å². The second kappa shape index (κ2) is 6.90. The molecule has 1 heterocycles. The highest BCUT2D eigenvalue weighted by molar-refractivity contribution is 5.79. The van der Waals surface area contributed by atoms with Crippen LogP contribution in [0.3, 0.4) is 0 Å². The second-order valence-electron chi connectivity index (χ2n) is 8.60. The van der Waals surface area contributed by atoms with E-state index in [2.05, 4.69) is 24.3 Å². The quantitative estimate of drug-likeness (QED) is 0.879. The Morgan fingerprint density at radius 2 is 1.64 bits per heavy atom. The zero-order chi connectivity index (χ0) is 19.9. The van der Waals surface area contributed by atoms with Crippen LogP contribution in [0.4, 0.5) is 4.79 Å². The fourth-order valence-corrected chi connectivity index (χ4v) is 4.62. The van der Waals surface area contributed by atoms with E-state index in [1.807, 2.05) is 45.0 Å². The van der Waals surface area contributed by atoms with Gasteiger partial charge in [-0.15, -0.1) is 0 Å². The number of aliphatic hydroxyl groups is 1. The van der Waals surface area contributed by atoms with Gasteiger partial charge in [0.25, 0.3) is 0 Å². The van der Waals surface area contributed by atoms with E-state index in [1.165, 1.54) is 22.3 Å². The zero-order valence-corrected chi connectivity index (χ0v) is 16.6. The predicted molar refractivity (Wildman–Crippen MR) is 107 cm³/mol. The molecule has 0 radical (unpaired) electrons. The molecule has 0 spiro atoms. The molecule has 0 saturated carbocycles. The number of rotatable bonds is 3. The summed E-state index contributed by atoms with van der Waals surface area (Å²) in [4.78, 5) is 14.8. The van der Waals surface area contributed by atoms with Gasteiger partial charge in [-0.05, 0) is 43.0 Å². The first kappa shape index (κ1) is 19.0. The van der Waals surface area contributed by atoms with Gasteiger partial charge in [0.05, 0.1) is 30.9 Å². The largest absolute Gasteiger partial charge is 0.448 e. The smallest absolute Gasteiger partial charge is 0.410 e. The first-order valence-corrected chi connectivity index (χ1v) is 9.71. The highest BCUT2D eigenvalue weighted by Crippen LogP contribution is 2.44. The van der Waals surface area contributed by atoms with Crippen LogP contribution in [0.1, 0.15) is 37.8 Å². The SMILES string of the molecule is CC1(C)COCC(C)(CO)N1C(=O)OCC1c2ccccc2-c2ccccc21. The molecule has 1 saturated heterocycles. The molecule has 1 fully saturated rings. The number of benzene rings is 2. The van der Waals surface area contributed by atoms with Crippen LogP contribution in [-0.4, -0.2) is 53.6 Å². The monoisotopic (exact) mass is 381 g/mol. The van der Waals surface area contributed by atoms with Gasteiger partial charge in [-0.2, -0.15) is 0 Å². The fourth-order valence-electron chi connectivity index (χ4n) is 4.62. The Bertz CT molecular complexity index is 848. The highest BCUT2D eigenvalue weighted by Gasteiger charge is 2.48. The molecule has 4 rings (SSSR count). The van der Waals surface area contributed by atoms with E-state index in [9.17, 15) is 9.90 Å². The molecule has 1 unspecified atom stereocenters. The first-order valence-electron chi connectivity index (χ1n) is 9.71. The van der Waals surface area contributed by atoms with Crippen LogP contribution in [0.25, 0.3) is 11.1 Å². The van der Waals surface area contributed by atoms with E-state index in [1.54, 1.807) is 4.90 Å². The summed E-state index contributed by atoms with van der Waals surface area (Å²) in [6.07, 6.45) is -0.410. The van der Waals surface area contributed by atoms with Crippen molar-refractivity contribution >= 4 is 6.09 Å². The van der Waals surface area contributed by atoms with Gasteiger partial charge in [0.2, 0.25) is 0 Å². The molecule has 5 heteroatoms. The third-order valence-corrected chi connectivity index (χ3v) is 5.87. The van der Waals surface area contributed by atoms with Crippen LogP contribution < -0.4 is 0 Å². The summed E-state index contributed by atoms with van der Waals surface area (Å²) in [5.74, 6) is 0.0147. The number of ether oxygens (including phenoxy) is 2. The predicted octanol–water partition coefficient (Wildman–Crippen LogP) is 3.80. The number of hydrogen-bond donors (Lipinski definition) is 1. The minimum absolute atomic E-state index is 0.0147. The van der Waals surface area contributed by atoms with Crippen molar-refractivity contribution < 1.29 is 19.4 Å². The topological polar surface area (TPSA) is 59.0 Å². The number of morpholine rings is 1. The lowest BCUT2D eigenvalue weighted by Gasteiger charge is -2.52. The van der Waals surface area contributed by atoms with Crippen molar-refractivity contribution in [1.29, 1.82) is 0 Å². The van der Waals surface area contributed by atoms with Crippen LogP contribution >= 0.6 is 0 Å². The van der Waals surface area contributed by atoms with E-state index in [-0.39, 0.29) is 25.7 Å². The summed E-state index contributed by atoms with van der Waals surface area (Å²) in [5, 5.41) is 9.91. The summed E-state index contributed by atoms with van der Waals surface area (Å²) < 4.78 is 11.5. The molecule has 1 N–H and O–H groups in total. The fraction of sp³-hybridized carbons (Fsp3) is 0.435. The van der Waals surface area contributed by atoms with Gasteiger partial charge in [-0.25, -0.2) is 4.79 Å². The molecular formula is C23H27NO4. The molecule has 5 nitrogen and oxygen atoms in total. The Morgan fingerprint density at radius 1 is 1.07 bits per heavy atom. The molecule has 0 bridgehead atoms. The Kier molecular flexibility index (Phi) is 4.68. The highest BCUT2D eigenvalue weighted by atomic mass is 16.6. The van der Waals surface area contributed by atoms with Gasteiger partial charge in [0.1, 0.15) is 6.61 Å². The van der Waals surface area contributed by atoms with Crippen LogP contribution in [0.5, 0.6) is 0 Å². The molecule has 2 aliphatic rings. The van der Waals surface area contributed by atoms with E-state index < -0.39 is 17.2 Å². The number of hydrogen-bond acceptors (Lipinski definition) is 4. The van der Waals surface area contributed by atoms with Crippen molar-refractivity contribution in [2.24, 2.45) is 0 Å². The standard InChI is InChI=1S/C23H27NO4/c1-22(2)14-27-15-23(3,13-25)24(22)21(26)28-12-20-18-10-6-4-8-16(18)17-9-5-7-11-19(17)20/h4-11,20,25H,12-15H2,1-3H3. The molecule has 2 aromatic carbocycles. The molecule has 0 aromatic heterocycles. The lowest BCUT2D eigenvalue weighted by atomic mass is 9.91. The summed E-state index contributed by atoms with van der Waals surface area (Å²) >= 11 is 0. The van der Waals surface area contributed by atoms with E-state index in [0.29, 0.717) is 6.61 Å². The Labute approximate surface area is 165 Å². The molecule has 28 heavy (non-hydrogen) atoms. The summed E-state index contributed by atoms with van der Waals surface area (Å²) in [6, 6.07) is 16.5. The van der Waals surface area contributed by atoms with E-state index in [4.69, 9.17) is 9.47 Å². The maximum atomic E-state index is 13.1. The summed E-state index contributed by atoms with van der Waals surface area (Å²) in [5.41, 5.74) is 3.41. The number of fused-ring (bicyclic) bond motifs is 3. The van der Waals surface area contributed by atoms with Crippen molar-refractivity contribution in [1.82, 2.24) is 4.90 Å². The second-order valence-corrected chi connectivity index (χ2v) is 8.60. The molecule has 1 atom stereocenters. The Morgan fingerprint density at radius 3 is 2.21 bits per heavy atom. The molecule has 1 amide bonds. The van der Waals surface area contributed by atoms with Gasteiger partial charge in [0, 0.05) is 5.92 Å². The van der Waals surface area contributed by atoms with Gasteiger partial charge in [-0.3, -0.25) is 4.90 Å². The Balaban J connectivity index is 1.58. The molecule has 148 valence electrons. The van der Waals surface area contributed by atoms with Crippen LogP contribution in [0, 0.1) is 0 Å². The van der Waals surface area contributed by atoms with Crippen LogP contribution in [0.15, 0.2) is 48.5 Å². The van der Waals surface area contributed by atoms with Gasteiger partial charge < -0.3 is 14.6 Å². The number of amides is 1. The molecular weight excluding hydrogens is 354 g/mol. The van der Waals surface area contributed by atoms with Gasteiger partial charge >= 0.3 is 6.09 Å². The summed E-state index contributed by atoms with van der Waals surface area (Å²) in [6.45, 7) is 6.48. The van der Waals surface area contributed by atoms with E-state index in [0.717, 1.165) is 0 Å². The minimum Gasteiger partial charge on any atom is -0.448 e. The molecule has 2 aromatic rings. The lowest BCUT2D eigenvalue weighted by molar-refractivity contribution is -0.134. The lowest BCUT2D eigenvalue weighted by Crippen LogP contribution is -2.68. The third-order valence-electron chi connectivity index (χ3n) is 5.87. The first-order chi connectivity index (χ1) is 13.4. The van der Waals surface area contributed by atoms with Crippen molar-refractivity contribution in [2.75, 3.05) is 26.4 Å². The number of nitrogens with zero attached hydrogens (tertiary/aromatic N) is 1. The van der Waals surface area contributed by atoms with Gasteiger partial charge in [0.15, 0.2) is 0 Å². The van der Waals surface area contributed by atoms with Crippen molar-refractivity contribution in [3.8, 4) is 11.1 Å². The number of aliphatic hydroxyl groups excluding tert-OH is 1. The Hall–Kier alpha value is -2.37. The maximum Gasteiger partial charge on any atom is 0.410 e.